The monoisotopic (exact) mass is 318 g/mol. The van der Waals surface area contributed by atoms with E-state index in [1.54, 1.807) is 0 Å². The van der Waals surface area contributed by atoms with Gasteiger partial charge in [0.25, 0.3) is 0 Å². The Morgan fingerprint density at radius 1 is 1.04 bits per heavy atom. The van der Waals surface area contributed by atoms with Crippen LogP contribution in [0.4, 0.5) is 4.79 Å². The molecule has 2 N–H and O–H groups in total. The quantitative estimate of drug-likeness (QED) is 0.899. The Kier molecular flexibility index (Phi) is 5.61. The molecule has 5 heteroatoms. The van der Waals surface area contributed by atoms with Gasteiger partial charge in [-0.2, -0.15) is 0 Å². The third-order valence-electron chi connectivity index (χ3n) is 4.50. The Morgan fingerprint density at radius 2 is 1.74 bits per heavy atom. The molecule has 1 fully saturated rings. The Bertz CT molecular complexity index is 513. The topological polar surface area (TPSA) is 59.6 Å². The summed E-state index contributed by atoms with van der Waals surface area (Å²) in [7, 11) is 0. The Morgan fingerprint density at radius 3 is 2.52 bits per heavy atom. The van der Waals surface area contributed by atoms with Gasteiger partial charge in [-0.05, 0) is 25.0 Å². The summed E-state index contributed by atoms with van der Waals surface area (Å²) in [5, 5.41) is 6.01. The smallest absolute Gasteiger partial charge is 0.315 e. The van der Waals surface area contributed by atoms with Crippen LogP contribution in [-0.4, -0.2) is 31.3 Å². The molecule has 2 amide bonds. The summed E-state index contributed by atoms with van der Waals surface area (Å²) in [6, 6.07) is 7.82. The summed E-state index contributed by atoms with van der Waals surface area (Å²) in [4.78, 5) is 12.1. The van der Waals surface area contributed by atoms with E-state index in [9.17, 15) is 4.79 Å². The molecule has 0 spiro atoms. The van der Waals surface area contributed by atoms with Crippen LogP contribution in [0, 0.1) is 0 Å². The van der Waals surface area contributed by atoms with Crippen LogP contribution < -0.4 is 20.1 Å². The van der Waals surface area contributed by atoms with Crippen molar-refractivity contribution < 1.29 is 14.3 Å². The van der Waals surface area contributed by atoms with Crippen LogP contribution in [0.3, 0.4) is 0 Å². The first-order valence-electron chi connectivity index (χ1n) is 8.74. The average Bonchev–Trinajstić information content (AvgIpc) is 2.55. The van der Waals surface area contributed by atoms with Crippen LogP contribution in [0.5, 0.6) is 11.5 Å². The number of carbonyl (C=O) groups is 1. The molecule has 5 nitrogen and oxygen atoms in total. The van der Waals surface area contributed by atoms with Crippen molar-refractivity contribution in [1.82, 2.24) is 10.6 Å². The second-order valence-corrected chi connectivity index (χ2v) is 6.39. The number of fused-ring (bicyclic) bond motifs is 1. The molecule has 0 radical (unpaired) electrons. The molecule has 1 aliphatic heterocycles. The molecule has 1 saturated carbocycles. The number of benzene rings is 1. The molecule has 0 saturated heterocycles. The molecule has 2 aliphatic rings. The first-order valence-corrected chi connectivity index (χ1v) is 8.74. The maximum absolute atomic E-state index is 12.1. The number of urea groups is 1. The number of ether oxygens (including phenoxy) is 2. The number of hydrogen-bond acceptors (Lipinski definition) is 3. The van der Waals surface area contributed by atoms with Crippen LogP contribution >= 0.6 is 0 Å². The van der Waals surface area contributed by atoms with Gasteiger partial charge in [-0.1, -0.05) is 44.2 Å². The van der Waals surface area contributed by atoms with E-state index < -0.39 is 0 Å². The maximum atomic E-state index is 12.1. The van der Waals surface area contributed by atoms with Gasteiger partial charge in [-0.15, -0.1) is 0 Å². The molecule has 0 aromatic heterocycles. The summed E-state index contributed by atoms with van der Waals surface area (Å²) in [5.74, 6) is 1.51. The van der Waals surface area contributed by atoms with Crippen molar-refractivity contribution >= 4 is 6.03 Å². The number of hydrogen-bond donors (Lipinski definition) is 2. The van der Waals surface area contributed by atoms with Crippen molar-refractivity contribution in [2.24, 2.45) is 0 Å². The molecule has 1 atom stereocenters. The number of para-hydroxylation sites is 2. The first kappa shape index (κ1) is 16.0. The van der Waals surface area contributed by atoms with Crippen LogP contribution in [-0.2, 0) is 0 Å². The normalized spacial score (nSPS) is 21.8. The Labute approximate surface area is 137 Å². The molecule has 3 rings (SSSR count). The largest absolute Gasteiger partial charge is 0.486 e. The fourth-order valence-electron chi connectivity index (χ4n) is 3.21. The minimum absolute atomic E-state index is 0.0990. The summed E-state index contributed by atoms with van der Waals surface area (Å²) in [6.07, 6.45) is 8.35. The minimum atomic E-state index is -0.145. The molecular formula is C18H26N2O3. The standard InChI is InChI=1S/C18H26N2O3/c21-18(20-14-8-4-2-1-3-5-9-14)19-12-15-13-22-16-10-6-7-11-17(16)23-15/h6-7,10-11,14-15H,1-5,8-9,12-13H2,(H2,19,20,21). The average molecular weight is 318 g/mol. The van der Waals surface area contributed by atoms with Gasteiger partial charge in [-0.3, -0.25) is 0 Å². The van der Waals surface area contributed by atoms with Crippen molar-refractivity contribution in [2.75, 3.05) is 13.2 Å². The van der Waals surface area contributed by atoms with Crippen molar-refractivity contribution in [1.29, 1.82) is 0 Å². The van der Waals surface area contributed by atoms with Gasteiger partial charge in [0.15, 0.2) is 17.6 Å². The minimum Gasteiger partial charge on any atom is -0.486 e. The van der Waals surface area contributed by atoms with Crippen LogP contribution in [0.25, 0.3) is 0 Å². The maximum Gasteiger partial charge on any atom is 0.315 e. The van der Waals surface area contributed by atoms with Gasteiger partial charge in [-0.25, -0.2) is 4.79 Å². The van der Waals surface area contributed by atoms with Gasteiger partial charge in [0.2, 0.25) is 0 Å². The van der Waals surface area contributed by atoms with Crippen LogP contribution in [0.1, 0.15) is 44.9 Å². The van der Waals surface area contributed by atoms with E-state index in [2.05, 4.69) is 10.6 Å². The van der Waals surface area contributed by atoms with Gasteiger partial charge < -0.3 is 20.1 Å². The van der Waals surface area contributed by atoms with E-state index in [1.165, 1.54) is 32.1 Å². The third-order valence-corrected chi connectivity index (χ3v) is 4.50. The zero-order valence-corrected chi connectivity index (χ0v) is 13.6. The van der Waals surface area contributed by atoms with E-state index in [0.29, 0.717) is 19.2 Å². The van der Waals surface area contributed by atoms with E-state index in [4.69, 9.17) is 9.47 Å². The van der Waals surface area contributed by atoms with Crippen molar-refractivity contribution in [3.8, 4) is 11.5 Å². The van der Waals surface area contributed by atoms with Gasteiger partial charge in [0.1, 0.15) is 6.61 Å². The van der Waals surface area contributed by atoms with Gasteiger partial charge >= 0.3 is 6.03 Å². The molecular weight excluding hydrogens is 292 g/mol. The highest BCUT2D eigenvalue weighted by Crippen LogP contribution is 2.30. The molecule has 1 heterocycles. The highest BCUT2D eigenvalue weighted by atomic mass is 16.6. The predicted molar refractivity (Wildman–Crippen MR) is 89.0 cm³/mol. The molecule has 1 unspecified atom stereocenters. The second-order valence-electron chi connectivity index (χ2n) is 6.39. The van der Waals surface area contributed by atoms with Crippen molar-refractivity contribution in [3.63, 3.8) is 0 Å². The van der Waals surface area contributed by atoms with Gasteiger partial charge in [0.05, 0.1) is 6.54 Å². The molecule has 1 aliphatic carbocycles. The van der Waals surface area contributed by atoms with Crippen molar-refractivity contribution in [3.05, 3.63) is 24.3 Å². The number of amides is 2. The Hall–Kier alpha value is -1.91. The van der Waals surface area contributed by atoms with Crippen LogP contribution in [0.2, 0.25) is 0 Å². The summed E-state index contributed by atoms with van der Waals surface area (Å²) >= 11 is 0. The third kappa shape index (κ3) is 4.78. The lowest BCUT2D eigenvalue weighted by molar-refractivity contribution is 0.0916. The fourth-order valence-corrected chi connectivity index (χ4v) is 3.21. The van der Waals surface area contributed by atoms with Crippen LogP contribution in [0.15, 0.2) is 24.3 Å². The highest BCUT2D eigenvalue weighted by molar-refractivity contribution is 5.74. The summed E-state index contributed by atoms with van der Waals surface area (Å²) in [6.45, 7) is 0.910. The van der Waals surface area contributed by atoms with E-state index in [1.807, 2.05) is 24.3 Å². The lowest BCUT2D eigenvalue weighted by Crippen LogP contribution is -2.47. The SMILES string of the molecule is O=C(NCC1COc2ccccc2O1)NC1CCCCCCC1. The molecule has 126 valence electrons. The highest BCUT2D eigenvalue weighted by Gasteiger charge is 2.21. The lowest BCUT2D eigenvalue weighted by Gasteiger charge is -2.27. The molecule has 0 bridgehead atoms. The van der Waals surface area contributed by atoms with E-state index in [0.717, 1.165) is 24.3 Å². The van der Waals surface area contributed by atoms with E-state index in [-0.39, 0.29) is 12.1 Å². The molecule has 1 aromatic carbocycles. The molecule has 23 heavy (non-hydrogen) atoms. The zero-order valence-electron chi connectivity index (χ0n) is 13.6. The first-order chi connectivity index (χ1) is 11.3. The fraction of sp³-hybridized carbons (Fsp3) is 0.611. The predicted octanol–water partition coefficient (Wildman–Crippen LogP) is 3.24. The number of nitrogens with one attached hydrogen (secondary N) is 2. The summed E-state index contributed by atoms with van der Waals surface area (Å²) in [5.41, 5.74) is 0. The number of carbonyl (C=O) groups excluding carboxylic acids is 1. The van der Waals surface area contributed by atoms with Crippen molar-refractivity contribution in [2.45, 2.75) is 57.1 Å². The Balaban J connectivity index is 1.41. The summed E-state index contributed by atoms with van der Waals surface area (Å²) < 4.78 is 11.5. The van der Waals surface area contributed by atoms with E-state index >= 15 is 0 Å². The zero-order chi connectivity index (χ0) is 15.9. The lowest BCUT2D eigenvalue weighted by atomic mass is 9.97. The van der Waals surface area contributed by atoms with Gasteiger partial charge in [0, 0.05) is 6.04 Å². The number of rotatable bonds is 3. The molecule has 1 aromatic rings. The second kappa shape index (κ2) is 8.09.